The molecule has 20 heavy (non-hydrogen) atoms. The van der Waals surface area contributed by atoms with E-state index < -0.39 is 0 Å². The normalized spacial score (nSPS) is 10.3. The predicted molar refractivity (Wildman–Crippen MR) is 82.0 cm³/mol. The highest BCUT2D eigenvalue weighted by molar-refractivity contribution is 6.42. The highest BCUT2D eigenvalue weighted by Crippen LogP contribution is 2.26. The first kappa shape index (κ1) is 14.9. The lowest BCUT2D eigenvalue weighted by Crippen LogP contribution is -2.03. The minimum Gasteiger partial charge on any atom is -0.494 e. The molecule has 2 aromatic carbocycles. The van der Waals surface area contributed by atoms with E-state index in [0.29, 0.717) is 35.2 Å². The average molecular weight is 309 g/mol. The summed E-state index contributed by atoms with van der Waals surface area (Å²) in [7, 11) is 0. The molecule has 0 saturated carbocycles. The summed E-state index contributed by atoms with van der Waals surface area (Å²) in [4.78, 5) is 11.9. The molecule has 0 fully saturated rings. The summed E-state index contributed by atoms with van der Waals surface area (Å²) in [5, 5.41) is 0.961. The molecular weight excluding hydrogens is 295 g/mol. The molecule has 0 atom stereocenters. The van der Waals surface area contributed by atoms with E-state index in [2.05, 4.69) is 0 Å². The molecule has 0 saturated heterocycles. The smallest absolute Gasteiger partial charge is 0.163 e. The van der Waals surface area contributed by atoms with Gasteiger partial charge in [0, 0.05) is 18.1 Å². The third-order valence-corrected chi connectivity index (χ3v) is 3.54. The van der Waals surface area contributed by atoms with Crippen LogP contribution in [0, 0.1) is 0 Å². The zero-order chi connectivity index (χ0) is 14.4. The van der Waals surface area contributed by atoms with Crippen LogP contribution in [0.4, 0.5) is 0 Å². The first-order valence-corrected chi connectivity index (χ1v) is 7.08. The molecule has 104 valence electrons. The Labute approximate surface area is 128 Å². The summed E-state index contributed by atoms with van der Waals surface area (Å²) < 4.78 is 5.53. The van der Waals surface area contributed by atoms with Crippen molar-refractivity contribution in [2.24, 2.45) is 0 Å². The first-order chi connectivity index (χ1) is 9.66. The summed E-state index contributed by atoms with van der Waals surface area (Å²) in [6.07, 6.45) is 1.12. The Morgan fingerprint density at radius 2 is 1.75 bits per heavy atom. The molecule has 0 heterocycles. The third-order valence-electron chi connectivity index (χ3n) is 2.80. The average Bonchev–Trinajstić information content (AvgIpc) is 2.48. The maximum atomic E-state index is 11.9. The van der Waals surface area contributed by atoms with Gasteiger partial charge >= 0.3 is 0 Å². The Kier molecular flexibility index (Phi) is 5.45. The second-order valence-electron chi connectivity index (χ2n) is 4.32. The Balaban J connectivity index is 1.76. The topological polar surface area (TPSA) is 26.3 Å². The Morgan fingerprint density at radius 3 is 2.45 bits per heavy atom. The lowest BCUT2D eigenvalue weighted by molar-refractivity contribution is 0.0973. The Hall–Kier alpha value is -1.51. The van der Waals surface area contributed by atoms with E-state index in [4.69, 9.17) is 27.9 Å². The minimum absolute atomic E-state index is 0.128. The Morgan fingerprint density at radius 1 is 1.00 bits per heavy atom. The molecule has 2 nitrogen and oxygen atoms in total. The van der Waals surface area contributed by atoms with Gasteiger partial charge in [0.25, 0.3) is 0 Å². The van der Waals surface area contributed by atoms with Crippen LogP contribution in [-0.4, -0.2) is 12.4 Å². The number of benzene rings is 2. The third kappa shape index (κ3) is 4.26. The van der Waals surface area contributed by atoms with Crippen molar-refractivity contribution >= 4 is 29.0 Å². The largest absolute Gasteiger partial charge is 0.494 e. The molecule has 0 amide bonds. The number of halogens is 2. The summed E-state index contributed by atoms with van der Waals surface area (Å²) in [5.41, 5.74) is 0.738. The fraction of sp³-hybridized carbons (Fsp3) is 0.188. The number of carbonyl (C=O) groups is 1. The Bertz CT molecular complexity index is 582. The van der Waals surface area contributed by atoms with Crippen LogP contribution in [0.1, 0.15) is 23.2 Å². The van der Waals surface area contributed by atoms with Crippen LogP contribution in [0.2, 0.25) is 10.0 Å². The molecule has 0 aliphatic heterocycles. The van der Waals surface area contributed by atoms with Gasteiger partial charge in [-0.1, -0.05) is 53.5 Å². The van der Waals surface area contributed by atoms with Crippen LogP contribution in [0.15, 0.2) is 48.5 Å². The minimum atomic E-state index is 0.128. The van der Waals surface area contributed by atoms with Crippen molar-refractivity contribution in [1.29, 1.82) is 0 Å². The number of rotatable bonds is 6. The van der Waals surface area contributed by atoms with Crippen LogP contribution in [-0.2, 0) is 0 Å². The van der Waals surface area contributed by atoms with E-state index in [9.17, 15) is 4.79 Å². The zero-order valence-corrected chi connectivity index (χ0v) is 12.3. The lowest BCUT2D eigenvalue weighted by Gasteiger charge is -2.07. The first-order valence-electron chi connectivity index (χ1n) is 6.33. The van der Waals surface area contributed by atoms with Crippen molar-refractivity contribution in [3.8, 4) is 5.75 Å². The predicted octanol–water partition coefficient (Wildman–Crippen LogP) is 5.04. The standard InChI is InChI=1S/C16H14Cl2O2/c17-14-9-8-13(11-15(14)18)20-10-4-7-16(19)12-5-2-1-3-6-12/h1-3,5-6,8-9,11H,4,7,10H2. The molecule has 0 spiro atoms. The SMILES string of the molecule is O=C(CCCOc1ccc(Cl)c(Cl)c1)c1ccccc1. The van der Waals surface area contributed by atoms with Crippen LogP contribution >= 0.6 is 23.2 Å². The van der Waals surface area contributed by atoms with Gasteiger partial charge in [-0.2, -0.15) is 0 Å². The van der Waals surface area contributed by atoms with Gasteiger partial charge in [-0.05, 0) is 18.6 Å². The summed E-state index contributed by atoms with van der Waals surface area (Å²) in [6.45, 7) is 0.469. The second kappa shape index (κ2) is 7.32. The van der Waals surface area contributed by atoms with Crippen molar-refractivity contribution in [3.63, 3.8) is 0 Å². The van der Waals surface area contributed by atoms with Gasteiger partial charge in [0.1, 0.15) is 5.75 Å². The summed E-state index contributed by atoms with van der Waals surface area (Å²) in [5.74, 6) is 0.787. The van der Waals surface area contributed by atoms with Crippen LogP contribution in [0.25, 0.3) is 0 Å². The summed E-state index contributed by atoms with van der Waals surface area (Å²) in [6, 6.07) is 14.4. The maximum absolute atomic E-state index is 11.9. The maximum Gasteiger partial charge on any atom is 0.163 e. The highest BCUT2D eigenvalue weighted by atomic mass is 35.5. The molecule has 0 aliphatic rings. The number of Topliss-reactive ketones (excluding diaryl/α,β-unsaturated/α-hetero) is 1. The molecule has 0 unspecified atom stereocenters. The van der Waals surface area contributed by atoms with Crippen molar-refractivity contribution in [3.05, 3.63) is 64.1 Å². The van der Waals surface area contributed by atoms with Crippen molar-refractivity contribution in [1.82, 2.24) is 0 Å². The highest BCUT2D eigenvalue weighted by Gasteiger charge is 2.05. The fourth-order valence-electron chi connectivity index (χ4n) is 1.76. The molecule has 2 aromatic rings. The molecule has 0 radical (unpaired) electrons. The van der Waals surface area contributed by atoms with Gasteiger partial charge < -0.3 is 4.74 Å². The van der Waals surface area contributed by atoms with E-state index >= 15 is 0 Å². The van der Waals surface area contributed by atoms with E-state index in [1.807, 2.05) is 30.3 Å². The van der Waals surface area contributed by atoms with Gasteiger partial charge in [0.05, 0.1) is 16.7 Å². The van der Waals surface area contributed by atoms with Gasteiger partial charge in [-0.15, -0.1) is 0 Å². The number of hydrogen-bond acceptors (Lipinski definition) is 2. The number of ketones is 1. The van der Waals surface area contributed by atoms with E-state index in [1.165, 1.54) is 0 Å². The van der Waals surface area contributed by atoms with Gasteiger partial charge in [-0.3, -0.25) is 4.79 Å². The van der Waals surface area contributed by atoms with Gasteiger partial charge in [0.2, 0.25) is 0 Å². The van der Waals surface area contributed by atoms with Gasteiger partial charge in [0.15, 0.2) is 5.78 Å². The van der Waals surface area contributed by atoms with Crippen molar-refractivity contribution < 1.29 is 9.53 Å². The van der Waals surface area contributed by atoms with E-state index in [1.54, 1.807) is 18.2 Å². The van der Waals surface area contributed by atoms with E-state index in [-0.39, 0.29) is 5.78 Å². The molecule has 2 rings (SSSR count). The van der Waals surface area contributed by atoms with Gasteiger partial charge in [-0.25, -0.2) is 0 Å². The van der Waals surface area contributed by atoms with Crippen LogP contribution in [0.3, 0.4) is 0 Å². The number of carbonyl (C=O) groups excluding carboxylic acids is 1. The molecule has 0 bridgehead atoms. The molecule has 0 N–H and O–H groups in total. The quantitative estimate of drug-likeness (QED) is 0.552. The molecular formula is C16H14Cl2O2. The summed E-state index contributed by atoms with van der Waals surface area (Å²) >= 11 is 11.7. The number of ether oxygens (including phenoxy) is 1. The van der Waals surface area contributed by atoms with Crippen LogP contribution in [0.5, 0.6) is 5.75 Å². The fourth-order valence-corrected chi connectivity index (χ4v) is 2.05. The molecule has 4 heteroatoms. The van der Waals surface area contributed by atoms with Crippen molar-refractivity contribution in [2.45, 2.75) is 12.8 Å². The zero-order valence-electron chi connectivity index (χ0n) is 10.8. The monoisotopic (exact) mass is 308 g/mol. The molecule has 0 aliphatic carbocycles. The second-order valence-corrected chi connectivity index (χ2v) is 5.13. The van der Waals surface area contributed by atoms with E-state index in [0.717, 1.165) is 5.56 Å². The molecule has 0 aromatic heterocycles. The number of hydrogen-bond donors (Lipinski definition) is 0. The lowest BCUT2D eigenvalue weighted by atomic mass is 10.1. The van der Waals surface area contributed by atoms with Crippen LogP contribution < -0.4 is 4.74 Å². The van der Waals surface area contributed by atoms with Crippen molar-refractivity contribution in [2.75, 3.05) is 6.61 Å².